The average Bonchev–Trinajstić information content (AvgIpc) is 2.98. The SMILES string of the molecule is Cl.Fc1cccc(F)c1[C@@H](c1cccs1)N1CCNCC1. The van der Waals surface area contributed by atoms with Gasteiger partial charge in [-0.1, -0.05) is 12.1 Å². The molecule has 0 saturated carbocycles. The van der Waals surface area contributed by atoms with Gasteiger partial charge in [-0.05, 0) is 23.6 Å². The van der Waals surface area contributed by atoms with E-state index in [1.165, 1.54) is 18.2 Å². The molecule has 0 aliphatic carbocycles. The first-order chi connectivity index (χ1) is 9.77. The highest BCUT2D eigenvalue weighted by atomic mass is 35.5. The van der Waals surface area contributed by atoms with Crippen LogP contribution in [0.1, 0.15) is 16.5 Å². The zero-order chi connectivity index (χ0) is 13.9. The summed E-state index contributed by atoms with van der Waals surface area (Å²) in [6.45, 7) is 3.27. The van der Waals surface area contributed by atoms with Crippen LogP contribution in [0.15, 0.2) is 35.7 Å². The maximum Gasteiger partial charge on any atom is 0.131 e. The molecule has 2 aromatic rings. The molecule has 2 nitrogen and oxygen atoms in total. The third kappa shape index (κ3) is 3.43. The van der Waals surface area contributed by atoms with E-state index >= 15 is 0 Å². The molecule has 3 rings (SSSR count). The summed E-state index contributed by atoms with van der Waals surface area (Å²) in [5.74, 6) is -0.941. The van der Waals surface area contributed by atoms with Crippen LogP contribution in [0, 0.1) is 11.6 Å². The molecular weight excluding hydrogens is 314 g/mol. The summed E-state index contributed by atoms with van der Waals surface area (Å²) in [6, 6.07) is 7.62. The van der Waals surface area contributed by atoms with Gasteiger partial charge in [-0.2, -0.15) is 0 Å². The van der Waals surface area contributed by atoms with Gasteiger partial charge in [0.15, 0.2) is 0 Å². The Morgan fingerprint density at radius 3 is 2.29 bits per heavy atom. The Hall–Kier alpha value is -1.01. The minimum atomic E-state index is -0.470. The summed E-state index contributed by atoms with van der Waals surface area (Å²) >= 11 is 1.54. The summed E-state index contributed by atoms with van der Waals surface area (Å²) in [5.41, 5.74) is 0.164. The molecular formula is C15H17ClF2N2S. The second-order valence-corrected chi connectivity index (χ2v) is 5.82. The van der Waals surface area contributed by atoms with Crippen LogP contribution in [0.3, 0.4) is 0 Å². The molecule has 114 valence electrons. The highest BCUT2D eigenvalue weighted by Crippen LogP contribution is 2.34. The molecule has 1 aliphatic heterocycles. The lowest BCUT2D eigenvalue weighted by Crippen LogP contribution is -2.45. The topological polar surface area (TPSA) is 15.3 Å². The predicted molar refractivity (Wildman–Crippen MR) is 84.2 cm³/mol. The van der Waals surface area contributed by atoms with Crippen molar-refractivity contribution in [2.75, 3.05) is 26.2 Å². The van der Waals surface area contributed by atoms with E-state index in [-0.39, 0.29) is 24.0 Å². The van der Waals surface area contributed by atoms with Crippen molar-refractivity contribution in [2.45, 2.75) is 6.04 Å². The smallest absolute Gasteiger partial charge is 0.131 e. The van der Waals surface area contributed by atoms with Crippen LogP contribution >= 0.6 is 23.7 Å². The number of benzene rings is 1. The maximum atomic E-state index is 14.2. The van der Waals surface area contributed by atoms with Gasteiger partial charge in [0, 0.05) is 36.6 Å². The van der Waals surface area contributed by atoms with Crippen LogP contribution in [0.25, 0.3) is 0 Å². The lowest BCUT2D eigenvalue weighted by molar-refractivity contribution is 0.194. The van der Waals surface area contributed by atoms with Gasteiger partial charge in [0.1, 0.15) is 11.6 Å². The van der Waals surface area contributed by atoms with E-state index in [0.29, 0.717) is 0 Å². The summed E-state index contributed by atoms with van der Waals surface area (Å²) < 4.78 is 28.3. The van der Waals surface area contributed by atoms with Gasteiger partial charge in [-0.25, -0.2) is 8.78 Å². The Morgan fingerprint density at radius 1 is 1.05 bits per heavy atom. The van der Waals surface area contributed by atoms with E-state index in [9.17, 15) is 8.78 Å². The fourth-order valence-corrected chi connectivity index (χ4v) is 3.53. The van der Waals surface area contributed by atoms with Crippen LogP contribution < -0.4 is 5.32 Å². The van der Waals surface area contributed by atoms with E-state index in [0.717, 1.165) is 31.1 Å². The van der Waals surface area contributed by atoms with Gasteiger partial charge in [0.05, 0.1) is 6.04 Å². The van der Waals surface area contributed by atoms with Gasteiger partial charge in [-0.15, -0.1) is 23.7 Å². The Labute approximate surface area is 133 Å². The molecule has 0 amide bonds. The third-order valence-corrected chi connectivity index (χ3v) is 4.53. The number of halogens is 3. The normalized spacial score (nSPS) is 17.2. The summed E-state index contributed by atoms with van der Waals surface area (Å²) in [5, 5.41) is 5.22. The first-order valence-corrected chi connectivity index (χ1v) is 7.57. The predicted octanol–water partition coefficient (Wildman–Crippen LogP) is 3.44. The van der Waals surface area contributed by atoms with Crippen molar-refractivity contribution in [3.8, 4) is 0 Å². The largest absolute Gasteiger partial charge is 0.314 e. The van der Waals surface area contributed by atoms with Crippen molar-refractivity contribution in [3.63, 3.8) is 0 Å². The molecule has 1 aromatic heterocycles. The Morgan fingerprint density at radius 2 is 1.71 bits per heavy atom. The number of nitrogens with zero attached hydrogens (tertiary/aromatic N) is 1. The minimum Gasteiger partial charge on any atom is -0.314 e. The van der Waals surface area contributed by atoms with E-state index in [4.69, 9.17) is 0 Å². The number of rotatable bonds is 3. The standard InChI is InChI=1S/C15H16F2N2S.ClH/c16-11-3-1-4-12(17)14(11)15(13-5-2-10-20-13)19-8-6-18-7-9-19;/h1-5,10,15,18H,6-9H2;1H/t15-;/m1./s1. The average molecular weight is 331 g/mol. The second-order valence-electron chi connectivity index (χ2n) is 4.84. The number of nitrogens with one attached hydrogen (secondary N) is 1. The highest BCUT2D eigenvalue weighted by Gasteiger charge is 2.29. The Kier molecular flexibility index (Phi) is 5.70. The van der Waals surface area contributed by atoms with Crippen LogP contribution in [-0.2, 0) is 0 Å². The second kappa shape index (κ2) is 7.31. The number of hydrogen-bond acceptors (Lipinski definition) is 3. The monoisotopic (exact) mass is 330 g/mol. The van der Waals surface area contributed by atoms with Crippen molar-refractivity contribution in [2.24, 2.45) is 0 Å². The summed E-state index contributed by atoms with van der Waals surface area (Å²) in [4.78, 5) is 3.13. The lowest BCUT2D eigenvalue weighted by atomic mass is 10.0. The number of hydrogen-bond donors (Lipinski definition) is 1. The fourth-order valence-electron chi connectivity index (χ4n) is 2.66. The molecule has 21 heavy (non-hydrogen) atoms. The molecule has 0 spiro atoms. The van der Waals surface area contributed by atoms with Crippen LogP contribution in [-0.4, -0.2) is 31.1 Å². The molecule has 2 heterocycles. The third-order valence-electron chi connectivity index (χ3n) is 3.60. The molecule has 1 saturated heterocycles. The molecule has 1 aromatic carbocycles. The molecule has 6 heteroatoms. The first kappa shape index (κ1) is 16.4. The lowest BCUT2D eigenvalue weighted by Gasteiger charge is -2.35. The van der Waals surface area contributed by atoms with E-state index in [1.54, 1.807) is 11.3 Å². The van der Waals surface area contributed by atoms with Gasteiger partial charge in [0.2, 0.25) is 0 Å². The van der Waals surface area contributed by atoms with Gasteiger partial charge >= 0.3 is 0 Å². The zero-order valence-corrected chi connectivity index (χ0v) is 13.0. The molecule has 0 unspecified atom stereocenters. The van der Waals surface area contributed by atoms with E-state index < -0.39 is 11.6 Å². The van der Waals surface area contributed by atoms with Crippen molar-refractivity contribution >= 4 is 23.7 Å². The molecule has 0 radical (unpaired) electrons. The number of piperazine rings is 1. The van der Waals surface area contributed by atoms with Crippen molar-refractivity contribution in [1.29, 1.82) is 0 Å². The van der Waals surface area contributed by atoms with Gasteiger partial charge < -0.3 is 5.32 Å². The van der Waals surface area contributed by atoms with Crippen molar-refractivity contribution < 1.29 is 8.78 Å². The quantitative estimate of drug-likeness (QED) is 0.927. The molecule has 1 fully saturated rings. The van der Waals surface area contributed by atoms with Crippen molar-refractivity contribution in [1.82, 2.24) is 10.2 Å². The highest BCUT2D eigenvalue weighted by molar-refractivity contribution is 7.10. The van der Waals surface area contributed by atoms with Crippen LogP contribution in [0.4, 0.5) is 8.78 Å². The first-order valence-electron chi connectivity index (χ1n) is 6.69. The summed E-state index contributed by atoms with van der Waals surface area (Å²) in [6.07, 6.45) is 0. The van der Waals surface area contributed by atoms with Gasteiger partial charge in [0.25, 0.3) is 0 Å². The van der Waals surface area contributed by atoms with Crippen molar-refractivity contribution in [3.05, 3.63) is 57.8 Å². The molecule has 1 aliphatic rings. The Bertz CT molecular complexity index is 551. The molecule has 1 N–H and O–H groups in total. The maximum absolute atomic E-state index is 14.2. The fraction of sp³-hybridized carbons (Fsp3) is 0.333. The molecule has 1 atom stereocenters. The summed E-state index contributed by atoms with van der Waals surface area (Å²) in [7, 11) is 0. The number of thiophene rings is 1. The van der Waals surface area contributed by atoms with Gasteiger partial charge in [-0.3, -0.25) is 4.90 Å². The zero-order valence-electron chi connectivity index (χ0n) is 11.4. The van der Waals surface area contributed by atoms with E-state index in [1.807, 2.05) is 17.5 Å². The molecule has 0 bridgehead atoms. The minimum absolute atomic E-state index is 0. The van der Waals surface area contributed by atoms with E-state index in [2.05, 4.69) is 10.2 Å². The van der Waals surface area contributed by atoms with Crippen LogP contribution in [0.2, 0.25) is 0 Å². The Balaban J connectivity index is 0.00000161. The van der Waals surface area contributed by atoms with Crippen LogP contribution in [0.5, 0.6) is 0 Å².